The molecule has 16 heavy (non-hydrogen) atoms. The molecule has 2 heterocycles. The fourth-order valence-corrected chi connectivity index (χ4v) is 2.44. The number of fused-ring (bicyclic) bond motifs is 1. The van der Waals surface area contributed by atoms with Gasteiger partial charge in [0.25, 0.3) is 0 Å². The van der Waals surface area contributed by atoms with Crippen molar-refractivity contribution in [3.8, 4) is 0 Å². The number of hydrogen-bond donors (Lipinski definition) is 0. The summed E-state index contributed by atoms with van der Waals surface area (Å²) in [7, 11) is 1.83. The Bertz CT molecular complexity index is 463. The zero-order valence-corrected chi connectivity index (χ0v) is 9.62. The van der Waals surface area contributed by atoms with Crippen molar-refractivity contribution in [2.45, 2.75) is 25.4 Å². The van der Waals surface area contributed by atoms with Crippen LogP contribution >= 0.6 is 0 Å². The highest BCUT2D eigenvalue weighted by atomic mass is 16.5. The fraction of sp³-hybridized carbons (Fsp3) is 0.462. The molecule has 1 unspecified atom stereocenters. The lowest BCUT2D eigenvalue weighted by atomic mass is 9.87. The van der Waals surface area contributed by atoms with Gasteiger partial charge in [-0.1, -0.05) is 12.1 Å². The van der Waals surface area contributed by atoms with Crippen LogP contribution in [-0.4, -0.2) is 19.6 Å². The summed E-state index contributed by atoms with van der Waals surface area (Å²) in [5.41, 5.74) is 3.23. The van der Waals surface area contributed by atoms with Gasteiger partial charge in [0, 0.05) is 19.2 Å². The molecule has 3 heteroatoms. The molecule has 2 aliphatic rings. The summed E-state index contributed by atoms with van der Waals surface area (Å²) in [6.07, 6.45) is 1.59. The minimum absolute atomic E-state index is 0.126. The monoisotopic (exact) mass is 217 g/mol. The highest BCUT2D eigenvalue weighted by Gasteiger charge is 2.36. The second-order valence-corrected chi connectivity index (χ2v) is 4.80. The SMILES string of the molecule is CN1C(=O)Cc2cc(C3(C)CCO3)ccc21. The normalized spacial score (nSPS) is 27.9. The van der Waals surface area contributed by atoms with Gasteiger partial charge < -0.3 is 9.64 Å². The van der Waals surface area contributed by atoms with Crippen LogP contribution in [-0.2, 0) is 21.6 Å². The molecule has 1 aromatic carbocycles. The highest BCUT2D eigenvalue weighted by molar-refractivity contribution is 6.00. The van der Waals surface area contributed by atoms with Crippen LogP contribution in [0.15, 0.2) is 18.2 Å². The Morgan fingerprint density at radius 2 is 2.19 bits per heavy atom. The Hall–Kier alpha value is -1.35. The molecule has 3 nitrogen and oxygen atoms in total. The maximum absolute atomic E-state index is 11.6. The average molecular weight is 217 g/mol. The van der Waals surface area contributed by atoms with Crippen molar-refractivity contribution < 1.29 is 9.53 Å². The summed E-state index contributed by atoms with van der Waals surface area (Å²) in [5.74, 6) is 0.173. The van der Waals surface area contributed by atoms with Crippen molar-refractivity contribution >= 4 is 11.6 Å². The quantitative estimate of drug-likeness (QED) is 0.718. The number of likely N-dealkylation sites (N-methyl/N-ethyl adjacent to an activating group) is 1. The molecular formula is C13H15NO2. The van der Waals surface area contributed by atoms with Gasteiger partial charge in [-0.3, -0.25) is 4.79 Å². The Morgan fingerprint density at radius 3 is 2.81 bits per heavy atom. The van der Waals surface area contributed by atoms with E-state index in [1.807, 2.05) is 13.1 Å². The molecule has 0 aromatic heterocycles. The molecule has 1 fully saturated rings. The molecule has 1 atom stereocenters. The first-order chi connectivity index (χ1) is 7.60. The predicted octanol–water partition coefficient (Wildman–Crippen LogP) is 1.84. The fourth-order valence-electron chi connectivity index (χ4n) is 2.44. The van der Waals surface area contributed by atoms with Gasteiger partial charge in [-0.15, -0.1) is 0 Å². The Kier molecular flexibility index (Phi) is 1.89. The van der Waals surface area contributed by atoms with E-state index in [0.717, 1.165) is 24.3 Å². The van der Waals surface area contributed by atoms with Crippen LogP contribution in [0.4, 0.5) is 5.69 Å². The molecule has 1 saturated heterocycles. The van der Waals surface area contributed by atoms with E-state index >= 15 is 0 Å². The van der Waals surface area contributed by atoms with Gasteiger partial charge >= 0.3 is 0 Å². The van der Waals surface area contributed by atoms with E-state index in [0.29, 0.717) is 6.42 Å². The van der Waals surface area contributed by atoms with E-state index in [1.165, 1.54) is 5.56 Å². The molecule has 3 rings (SSSR count). The highest BCUT2D eigenvalue weighted by Crippen LogP contribution is 2.39. The van der Waals surface area contributed by atoms with Crippen molar-refractivity contribution in [2.75, 3.05) is 18.6 Å². The van der Waals surface area contributed by atoms with Crippen molar-refractivity contribution in [2.24, 2.45) is 0 Å². The number of amides is 1. The topological polar surface area (TPSA) is 29.5 Å². The van der Waals surface area contributed by atoms with Gasteiger partial charge in [0.2, 0.25) is 5.91 Å². The first kappa shape index (κ1) is 9.85. The van der Waals surface area contributed by atoms with Gasteiger partial charge in [-0.25, -0.2) is 0 Å². The second-order valence-electron chi connectivity index (χ2n) is 4.80. The van der Waals surface area contributed by atoms with Gasteiger partial charge in [-0.2, -0.15) is 0 Å². The van der Waals surface area contributed by atoms with Crippen LogP contribution in [0, 0.1) is 0 Å². The minimum Gasteiger partial charge on any atom is -0.370 e. The number of carbonyl (C=O) groups excluding carboxylic acids is 1. The smallest absolute Gasteiger partial charge is 0.231 e. The van der Waals surface area contributed by atoms with E-state index in [-0.39, 0.29) is 11.5 Å². The van der Waals surface area contributed by atoms with Crippen LogP contribution in [0.3, 0.4) is 0 Å². The Balaban J connectivity index is 2.01. The van der Waals surface area contributed by atoms with Crippen molar-refractivity contribution in [1.82, 2.24) is 0 Å². The molecular weight excluding hydrogens is 202 g/mol. The lowest BCUT2D eigenvalue weighted by molar-refractivity contribution is -0.140. The van der Waals surface area contributed by atoms with Gasteiger partial charge in [-0.05, 0) is 24.1 Å². The van der Waals surface area contributed by atoms with Crippen LogP contribution < -0.4 is 4.90 Å². The lowest BCUT2D eigenvalue weighted by Crippen LogP contribution is -2.37. The number of rotatable bonds is 1. The van der Waals surface area contributed by atoms with Gasteiger partial charge in [0.05, 0.1) is 18.6 Å². The number of benzene rings is 1. The van der Waals surface area contributed by atoms with E-state index in [2.05, 4.69) is 19.1 Å². The zero-order chi connectivity index (χ0) is 11.3. The average Bonchev–Trinajstić information content (AvgIpc) is 2.51. The molecule has 0 aliphatic carbocycles. The maximum Gasteiger partial charge on any atom is 0.231 e. The largest absolute Gasteiger partial charge is 0.370 e. The van der Waals surface area contributed by atoms with E-state index < -0.39 is 0 Å². The number of anilines is 1. The van der Waals surface area contributed by atoms with Gasteiger partial charge in [0.15, 0.2) is 0 Å². The van der Waals surface area contributed by atoms with Crippen molar-refractivity contribution in [3.05, 3.63) is 29.3 Å². The van der Waals surface area contributed by atoms with Crippen LogP contribution in [0.25, 0.3) is 0 Å². The summed E-state index contributed by atoms with van der Waals surface area (Å²) >= 11 is 0. The summed E-state index contributed by atoms with van der Waals surface area (Å²) < 4.78 is 5.62. The molecule has 0 N–H and O–H groups in total. The van der Waals surface area contributed by atoms with E-state index in [4.69, 9.17) is 4.74 Å². The standard InChI is InChI=1S/C13H15NO2/c1-13(5-6-16-13)10-3-4-11-9(7-10)8-12(15)14(11)2/h3-4,7H,5-6,8H2,1-2H3. The summed E-state index contributed by atoms with van der Waals surface area (Å²) in [6, 6.07) is 6.23. The second kappa shape index (κ2) is 3.08. The number of hydrogen-bond acceptors (Lipinski definition) is 2. The third kappa shape index (κ3) is 1.21. The molecule has 2 aliphatic heterocycles. The van der Waals surface area contributed by atoms with Crippen LogP contribution in [0.2, 0.25) is 0 Å². The first-order valence-electron chi connectivity index (χ1n) is 5.64. The molecule has 0 saturated carbocycles. The molecule has 84 valence electrons. The summed E-state index contributed by atoms with van der Waals surface area (Å²) in [5, 5.41) is 0. The summed E-state index contributed by atoms with van der Waals surface area (Å²) in [4.78, 5) is 13.3. The summed E-state index contributed by atoms with van der Waals surface area (Å²) in [6.45, 7) is 2.95. The molecule has 1 amide bonds. The number of nitrogens with zero attached hydrogens (tertiary/aromatic N) is 1. The minimum atomic E-state index is -0.126. The third-order valence-electron chi connectivity index (χ3n) is 3.77. The third-order valence-corrected chi connectivity index (χ3v) is 3.77. The van der Waals surface area contributed by atoms with Gasteiger partial charge in [0.1, 0.15) is 0 Å². The molecule has 0 bridgehead atoms. The van der Waals surface area contributed by atoms with Crippen LogP contribution in [0.1, 0.15) is 24.5 Å². The van der Waals surface area contributed by atoms with E-state index in [9.17, 15) is 4.79 Å². The number of ether oxygens (including phenoxy) is 1. The Morgan fingerprint density at radius 1 is 1.44 bits per heavy atom. The van der Waals surface area contributed by atoms with Crippen molar-refractivity contribution in [1.29, 1.82) is 0 Å². The maximum atomic E-state index is 11.6. The van der Waals surface area contributed by atoms with E-state index in [1.54, 1.807) is 4.90 Å². The van der Waals surface area contributed by atoms with Crippen molar-refractivity contribution in [3.63, 3.8) is 0 Å². The predicted molar refractivity (Wildman–Crippen MR) is 61.5 cm³/mol. The first-order valence-corrected chi connectivity index (χ1v) is 5.64. The van der Waals surface area contributed by atoms with Crippen LogP contribution in [0.5, 0.6) is 0 Å². The zero-order valence-electron chi connectivity index (χ0n) is 9.62. The molecule has 0 spiro atoms. The Labute approximate surface area is 95.0 Å². The molecule has 1 aromatic rings. The number of carbonyl (C=O) groups is 1. The lowest BCUT2D eigenvalue weighted by Gasteiger charge is -2.39. The molecule has 0 radical (unpaired) electrons.